The molecule has 27 heavy (non-hydrogen) atoms. The Labute approximate surface area is 159 Å². The zero-order chi connectivity index (χ0) is 19.8. The predicted molar refractivity (Wildman–Crippen MR) is 105 cm³/mol. The Kier molecular flexibility index (Phi) is 7.81. The number of para-hydroxylation sites is 1. The van der Waals surface area contributed by atoms with Crippen molar-refractivity contribution in [1.82, 2.24) is 10.6 Å². The molecule has 2 rings (SSSR count). The van der Waals surface area contributed by atoms with Gasteiger partial charge in [0.2, 0.25) is 0 Å². The molecule has 0 aliphatic rings. The van der Waals surface area contributed by atoms with Crippen molar-refractivity contribution in [2.45, 2.75) is 25.8 Å². The zero-order valence-electron chi connectivity index (χ0n) is 15.4. The molecular weight excluding hydrogens is 345 g/mol. The summed E-state index contributed by atoms with van der Waals surface area (Å²) in [7, 11) is -1.76. The summed E-state index contributed by atoms with van der Waals surface area (Å²) >= 11 is 0. The first kappa shape index (κ1) is 20.9. The molecule has 7 nitrogen and oxygen atoms in total. The number of phenolic OH excluding ortho intramolecular Hbond substituents is 1. The summed E-state index contributed by atoms with van der Waals surface area (Å²) in [5.74, 6) is -1.27. The summed E-state index contributed by atoms with van der Waals surface area (Å²) < 4.78 is 0. The van der Waals surface area contributed by atoms with Gasteiger partial charge in [-0.05, 0) is 42.2 Å². The Bertz CT molecular complexity index is 753. The number of hydrogen-bond donors (Lipinski definition) is 6. The van der Waals surface area contributed by atoms with Crippen LogP contribution in [0, 0.1) is 6.92 Å². The minimum atomic E-state index is -1.76. The molecule has 7 N–H and O–H groups in total. The third-order valence-corrected chi connectivity index (χ3v) is 4.30. The van der Waals surface area contributed by atoms with Gasteiger partial charge in [-0.25, -0.2) is 0 Å². The first-order valence-electron chi connectivity index (χ1n) is 8.86. The predicted octanol–water partition coefficient (Wildman–Crippen LogP) is 0.102. The molecule has 0 unspecified atom stereocenters. The molecule has 1 amide bonds. The second-order valence-electron chi connectivity index (χ2n) is 6.44. The normalized spacial score (nSPS) is 11.9. The monoisotopic (exact) mass is 371 g/mol. The van der Waals surface area contributed by atoms with E-state index in [0.717, 1.165) is 5.56 Å². The van der Waals surface area contributed by atoms with E-state index in [0.29, 0.717) is 36.3 Å². The van der Waals surface area contributed by atoms with E-state index in [2.05, 4.69) is 10.6 Å². The van der Waals surface area contributed by atoms with Crippen LogP contribution >= 0.6 is 0 Å². The zero-order valence-corrected chi connectivity index (χ0v) is 15.4. The highest BCUT2D eigenvalue weighted by atomic mass is 16.4. The Hall–Kier alpha value is -2.39. The highest BCUT2D eigenvalue weighted by molar-refractivity contribution is 6.43. The van der Waals surface area contributed by atoms with E-state index in [4.69, 9.17) is 5.73 Å². The number of phenols is 1. The van der Waals surface area contributed by atoms with Crippen LogP contribution in [0.25, 0.3) is 0 Å². The van der Waals surface area contributed by atoms with Crippen LogP contribution in [0.15, 0.2) is 42.5 Å². The maximum atomic E-state index is 12.4. The van der Waals surface area contributed by atoms with Gasteiger partial charge in [0.25, 0.3) is 5.91 Å². The Morgan fingerprint density at radius 3 is 2.52 bits per heavy atom. The highest BCUT2D eigenvalue weighted by Crippen LogP contribution is 2.23. The minimum absolute atomic E-state index is 0.0896. The van der Waals surface area contributed by atoms with E-state index >= 15 is 0 Å². The highest BCUT2D eigenvalue weighted by Gasteiger charge is 2.27. The number of hydrogen-bond acceptors (Lipinski definition) is 6. The van der Waals surface area contributed by atoms with Crippen LogP contribution in [0.2, 0.25) is 0 Å². The third-order valence-electron chi connectivity index (χ3n) is 4.30. The first-order valence-corrected chi connectivity index (χ1v) is 8.86. The molecule has 0 aliphatic heterocycles. The van der Waals surface area contributed by atoms with Crippen LogP contribution in [-0.4, -0.2) is 47.2 Å². The van der Waals surface area contributed by atoms with Gasteiger partial charge in [0.1, 0.15) is 5.75 Å². The quantitative estimate of drug-likeness (QED) is 0.274. The van der Waals surface area contributed by atoms with E-state index in [1.54, 1.807) is 37.3 Å². The molecule has 8 heteroatoms. The van der Waals surface area contributed by atoms with Gasteiger partial charge in [-0.2, -0.15) is 0 Å². The molecule has 0 heterocycles. The van der Waals surface area contributed by atoms with Crippen molar-refractivity contribution >= 4 is 13.0 Å². The average molecular weight is 371 g/mol. The van der Waals surface area contributed by atoms with Gasteiger partial charge in [0, 0.05) is 25.2 Å². The molecule has 1 atom stereocenters. The van der Waals surface area contributed by atoms with Crippen molar-refractivity contribution < 1.29 is 19.9 Å². The topological polar surface area (TPSA) is 128 Å². The van der Waals surface area contributed by atoms with E-state index < -0.39 is 19.0 Å². The lowest BCUT2D eigenvalue weighted by molar-refractivity contribution is 0.0942. The summed E-state index contributed by atoms with van der Waals surface area (Å²) in [6, 6.07) is 12.2. The maximum Gasteiger partial charge on any atom is 0.475 e. The molecule has 144 valence electrons. The molecule has 0 aromatic heterocycles. The third kappa shape index (κ3) is 6.08. The molecule has 0 saturated carbocycles. The molecule has 0 bridgehead atoms. The summed E-state index contributed by atoms with van der Waals surface area (Å²) in [6.45, 7) is 3.68. The molecular formula is C19H26BN3O4. The smallest absolute Gasteiger partial charge is 0.475 e. The molecule has 0 spiro atoms. The van der Waals surface area contributed by atoms with Gasteiger partial charge < -0.3 is 31.5 Å². The fourth-order valence-corrected chi connectivity index (χ4v) is 2.71. The Balaban J connectivity index is 2.03. The number of carbonyl (C=O) groups excluding carboxylic acids is 1. The lowest BCUT2D eigenvalue weighted by atomic mass is 9.75. The van der Waals surface area contributed by atoms with Crippen LogP contribution in [0.3, 0.4) is 0 Å². The summed E-state index contributed by atoms with van der Waals surface area (Å²) in [4.78, 5) is 12.4. The molecule has 0 saturated heterocycles. The fraction of sp³-hybridized carbons (Fsp3) is 0.316. The standard InChI is InChI=1S/C19H26BN3O4/c1-13-3-2-4-16(18(13)24)11-17(20(26)27)23-19(25)15-7-5-14(6-8-15)12-22-10-9-21/h2-8,17,22,24,26-27H,9-12,21H2,1H3,(H,23,25)/t17-/m0/s1. The Morgan fingerprint density at radius 2 is 1.89 bits per heavy atom. The number of benzene rings is 2. The number of amides is 1. The van der Waals surface area contributed by atoms with E-state index in [1.165, 1.54) is 0 Å². The van der Waals surface area contributed by atoms with Gasteiger partial charge in [0.05, 0.1) is 5.94 Å². The van der Waals surface area contributed by atoms with Crippen molar-refractivity contribution in [1.29, 1.82) is 0 Å². The van der Waals surface area contributed by atoms with Crippen LogP contribution in [0.1, 0.15) is 27.0 Å². The van der Waals surface area contributed by atoms with Crippen LogP contribution in [-0.2, 0) is 13.0 Å². The van der Waals surface area contributed by atoms with Crippen LogP contribution in [0.4, 0.5) is 0 Å². The molecule has 2 aromatic rings. The first-order chi connectivity index (χ1) is 12.9. The summed E-state index contributed by atoms with van der Waals surface area (Å²) in [5.41, 5.74) is 8.08. The minimum Gasteiger partial charge on any atom is -0.507 e. The van der Waals surface area contributed by atoms with Gasteiger partial charge in [-0.15, -0.1) is 0 Å². The van der Waals surface area contributed by atoms with E-state index in [-0.39, 0.29) is 12.2 Å². The lowest BCUT2D eigenvalue weighted by Gasteiger charge is -2.19. The van der Waals surface area contributed by atoms with E-state index in [9.17, 15) is 19.9 Å². The van der Waals surface area contributed by atoms with Crippen molar-refractivity contribution in [2.24, 2.45) is 5.73 Å². The van der Waals surface area contributed by atoms with Crippen LogP contribution in [0.5, 0.6) is 5.75 Å². The van der Waals surface area contributed by atoms with Gasteiger partial charge in [-0.3, -0.25) is 4.79 Å². The van der Waals surface area contributed by atoms with Gasteiger partial charge >= 0.3 is 7.12 Å². The van der Waals surface area contributed by atoms with E-state index in [1.807, 2.05) is 12.1 Å². The molecule has 0 radical (unpaired) electrons. The fourth-order valence-electron chi connectivity index (χ4n) is 2.71. The number of aromatic hydroxyl groups is 1. The lowest BCUT2D eigenvalue weighted by Crippen LogP contribution is -2.47. The molecule has 2 aromatic carbocycles. The number of aryl methyl sites for hydroxylation is 1. The summed E-state index contributed by atoms with van der Waals surface area (Å²) in [5, 5.41) is 35.2. The number of carbonyl (C=O) groups is 1. The average Bonchev–Trinajstić information content (AvgIpc) is 2.65. The van der Waals surface area contributed by atoms with Gasteiger partial charge in [0.15, 0.2) is 0 Å². The molecule has 0 aliphatic carbocycles. The second kappa shape index (κ2) is 10.1. The number of rotatable bonds is 9. The van der Waals surface area contributed by atoms with Crippen molar-refractivity contribution in [2.75, 3.05) is 13.1 Å². The number of nitrogens with two attached hydrogens (primary N) is 1. The Morgan fingerprint density at radius 1 is 1.19 bits per heavy atom. The second-order valence-corrected chi connectivity index (χ2v) is 6.44. The number of nitrogens with one attached hydrogen (secondary N) is 2. The largest absolute Gasteiger partial charge is 0.507 e. The SMILES string of the molecule is Cc1cccc(C[C@H](NC(=O)c2ccc(CNCCN)cc2)B(O)O)c1O. The van der Waals surface area contributed by atoms with Gasteiger partial charge in [-0.1, -0.05) is 30.3 Å². The summed E-state index contributed by atoms with van der Waals surface area (Å²) in [6.07, 6.45) is 0.0953. The maximum absolute atomic E-state index is 12.4. The van der Waals surface area contributed by atoms with Crippen molar-refractivity contribution in [3.63, 3.8) is 0 Å². The van der Waals surface area contributed by atoms with Crippen LogP contribution < -0.4 is 16.4 Å². The van der Waals surface area contributed by atoms with Crippen molar-refractivity contribution in [3.05, 3.63) is 64.7 Å². The van der Waals surface area contributed by atoms with Crippen molar-refractivity contribution in [3.8, 4) is 5.75 Å². The molecule has 0 fully saturated rings.